The van der Waals surface area contributed by atoms with Crippen LogP contribution in [0, 0.1) is 0 Å². The summed E-state index contributed by atoms with van der Waals surface area (Å²) in [7, 11) is 0. The molecule has 0 saturated heterocycles. The molecule has 0 atom stereocenters. The smallest absolute Gasteiger partial charge is 0.407 e. The van der Waals surface area contributed by atoms with Gasteiger partial charge in [0, 0.05) is 17.6 Å². The molecular weight excluding hydrogens is 334 g/mol. The largest absolute Gasteiger partial charge is 0.444 e. The first-order valence-electron chi connectivity index (χ1n) is 6.69. The van der Waals surface area contributed by atoms with Gasteiger partial charge in [0.05, 0.1) is 11.4 Å². The SMILES string of the molecule is CC(C)(C)OC(=O)NC/C=C/CNc1c(N)cccc1Br. The summed E-state index contributed by atoms with van der Waals surface area (Å²) in [6.07, 6.45) is 3.34. The number of hydrogen-bond donors (Lipinski definition) is 3. The van der Waals surface area contributed by atoms with Crippen molar-refractivity contribution in [3.8, 4) is 0 Å². The lowest BCUT2D eigenvalue weighted by molar-refractivity contribution is 0.0534. The van der Waals surface area contributed by atoms with Crippen molar-refractivity contribution in [1.82, 2.24) is 5.32 Å². The molecule has 0 aliphatic heterocycles. The number of nitrogens with one attached hydrogen (secondary N) is 2. The summed E-state index contributed by atoms with van der Waals surface area (Å²) < 4.78 is 6.04. The summed E-state index contributed by atoms with van der Waals surface area (Å²) in [5, 5.41) is 5.86. The number of amides is 1. The van der Waals surface area contributed by atoms with Gasteiger partial charge in [-0.15, -0.1) is 0 Å². The van der Waals surface area contributed by atoms with E-state index in [0.717, 1.165) is 10.2 Å². The second-order valence-corrected chi connectivity index (χ2v) is 6.29. The summed E-state index contributed by atoms with van der Waals surface area (Å²) in [5.74, 6) is 0. The highest BCUT2D eigenvalue weighted by molar-refractivity contribution is 9.10. The molecule has 6 heteroatoms. The highest BCUT2D eigenvalue weighted by Crippen LogP contribution is 2.27. The summed E-state index contributed by atoms with van der Waals surface area (Å²) in [5.41, 5.74) is 6.94. The van der Waals surface area contributed by atoms with Crippen LogP contribution in [0.5, 0.6) is 0 Å². The minimum atomic E-state index is -0.480. The fraction of sp³-hybridized carbons (Fsp3) is 0.400. The second kappa shape index (κ2) is 7.93. The van der Waals surface area contributed by atoms with Gasteiger partial charge in [0.15, 0.2) is 0 Å². The lowest BCUT2D eigenvalue weighted by Gasteiger charge is -2.19. The number of carbonyl (C=O) groups excluding carboxylic acids is 1. The molecule has 0 aliphatic carbocycles. The van der Waals surface area contributed by atoms with Crippen molar-refractivity contribution in [3.05, 3.63) is 34.8 Å². The number of para-hydroxylation sites is 1. The maximum atomic E-state index is 11.4. The number of rotatable bonds is 5. The average molecular weight is 356 g/mol. The Bertz CT molecular complexity index is 490. The van der Waals surface area contributed by atoms with Crippen molar-refractivity contribution < 1.29 is 9.53 Å². The van der Waals surface area contributed by atoms with Gasteiger partial charge in [0.2, 0.25) is 0 Å². The standard InChI is InChI=1S/C15H22BrN3O2/c1-15(2,3)21-14(20)19-10-5-4-9-18-13-11(16)7-6-8-12(13)17/h4-8,18H,9-10,17H2,1-3H3,(H,19,20)/b5-4+. The summed E-state index contributed by atoms with van der Waals surface area (Å²) in [4.78, 5) is 11.4. The van der Waals surface area contributed by atoms with Gasteiger partial charge in [-0.1, -0.05) is 18.2 Å². The normalized spacial score (nSPS) is 11.4. The van der Waals surface area contributed by atoms with Crippen LogP contribution >= 0.6 is 15.9 Å². The monoisotopic (exact) mass is 355 g/mol. The Morgan fingerprint density at radius 2 is 2.00 bits per heavy atom. The van der Waals surface area contributed by atoms with E-state index in [-0.39, 0.29) is 0 Å². The van der Waals surface area contributed by atoms with Crippen molar-refractivity contribution in [2.75, 3.05) is 24.1 Å². The molecule has 0 aliphatic rings. The van der Waals surface area contributed by atoms with E-state index in [9.17, 15) is 4.79 Å². The topological polar surface area (TPSA) is 76.4 Å². The van der Waals surface area contributed by atoms with E-state index in [0.29, 0.717) is 18.8 Å². The van der Waals surface area contributed by atoms with E-state index in [1.807, 2.05) is 51.1 Å². The van der Waals surface area contributed by atoms with Crippen LogP contribution in [-0.2, 0) is 4.74 Å². The van der Waals surface area contributed by atoms with E-state index in [4.69, 9.17) is 10.5 Å². The van der Waals surface area contributed by atoms with Crippen LogP contribution in [0.2, 0.25) is 0 Å². The summed E-state index contributed by atoms with van der Waals surface area (Å²) in [6, 6.07) is 5.64. The third-order valence-electron chi connectivity index (χ3n) is 2.37. The number of anilines is 2. The Balaban J connectivity index is 2.29. The number of carbonyl (C=O) groups is 1. The predicted octanol–water partition coefficient (Wildman–Crippen LogP) is 3.52. The Morgan fingerprint density at radius 3 is 2.62 bits per heavy atom. The van der Waals surface area contributed by atoms with Gasteiger partial charge >= 0.3 is 6.09 Å². The molecule has 0 bridgehead atoms. The average Bonchev–Trinajstić information content (AvgIpc) is 2.34. The van der Waals surface area contributed by atoms with E-state index < -0.39 is 11.7 Å². The molecular formula is C15H22BrN3O2. The van der Waals surface area contributed by atoms with Crippen molar-refractivity contribution in [2.24, 2.45) is 0 Å². The number of ether oxygens (including phenoxy) is 1. The van der Waals surface area contributed by atoms with Gasteiger partial charge in [0.1, 0.15) is 5.60 Å². The minimum Gasteiger partial charge on any atom is -0.444 e. The van der Waals surface area contributed by atoms with E-state index in [1.165, 1.54) is 0 Å². The molecule has 0 unspecified atom stereocenters. The Hall–Kier alpha value is -1.69. The van der Waals surface area contributed by atoms with Gasteiger partial charge in [-0.3, -0.25) is 0 Å². The zero-order valence-corrected chi connectivity index (χ0v) is 14.2. The van der Waals surface area contributed by atoms with Gasteiger partial charge in [-0.2, -0.15) is 0 Å². The lowest BCUT2D eigenvalue weighted by Crippen LogP contribution is -2.32. The molecule has 0 radical (unpaired) electrons. The van der Waals surface area contributed by atoms with Crippen LogP contribution in [0.3, 0.4) is 0 Å². The van der Waals surface area contributed by atoms with Gasteiger partial charge in [0.25, 0.3) is 0 Å². The lowest BCUT2D eigenvalue weighted by atomic mass is 10.2. The van der Waals surface area contributed by atoms with Crippen molar-refractivity contribution >= 4 is 33.4 Å². The molecule has 21 heavy (non-hydrogen) atoms. The zero-order chi connectivity index (χ0) is 15.9. The molecule has 116 valence electrons. The third kappa shape index (κ3) is 7.04. The number of nitrogen functional groups attached to an aromatic ring is 1. The van der Waals surface area contributed by atoms with E-state index in [1.54, 1.807) is 0 Å². The molecule has 1 aromatic carbocycles. The summed E-state index contributed by atoms with van der Waals surface area (Å²) >= 11 is 3.44. The van der Waals surface area contributed by atoms with Gasteiger partial charge in [-0.05, 0) is 48.8 Å². The Morgan fingerprint density at radius 1 is 1.33 bits per heavy atom. The first-order valence-corrected chi connectivity index (χ1v) is 7.48. The first kappa shape index (κ1) is 17.4. The summed E-state index contributed by atoms with van der Waals surface area (Å²) in [6.45, 7) is 6.52. The Labute approximate surface area is 134 Å². The van der Waals surface area contributed by atoms with Crippen molar-refractivity contribution in [3.63, 3.8) is 0 Å². The fourth-order valence-corrected chi connectivity index (χ4v) is 2.03. The quantitative estimate of drug-likeness (QED) is 0.557. The van der Waals surface area contributed by atoms with Crippen molar-refractivity contribution in [1.29, 1.82) is 0 Å². The van der Waals surface area contributed by atoms with Crippen LogP contribution in [0.4, 0.5) is 16.2 Å². The van der Waals surface area contributed by atoms with Crippen LogP contribution in [0.15, 0.2) is 34.8 Å². The Kier molecular flexibility index (Phi) is 6.55. The number of halogens is 1. The minimum absolute atomic E-state index is 0.419. The molecule has 1 aromatic rings. The van der Waals surface area contributed by atoms with Crippen LogP contribution < -0.4 is 16.4 Å². The number of benzene rings is 1. The van der Waals surface area contributed by atoms with E-state index in [2.05, 4.69) is 26.6 Å². The molecule has 0 saturated carbocycles. The number of hydrogen-bond acceptors (Lipinski definition) is 4. The third-order valence-corrected chi connectivity index (χ3v) is 3.03. The second-order valence-electron chi connectivity index (χ2n) is 5.44. The molecule has 0 spiro atoms. The molecule has 5 nitrogen and oxygen atoms in total. The molecule has 4 N–H and O–H groups in total. The zero-order valence-electron chi connectivity index (χ0n) is 12.6. The maximum absolute atomic E-state index is 11.4. The predicted molar refractivity (Wildman–Crippen MR) is 90.4 cm³/mol. The maximum Gasteiger partial charge on any atom is 0.407 e. The van der Waals surface area contributed by atoms with Gasteiger partial charge < -0.3 is 21.1 Å². The highest BCUT2D eigenvalue weighted by atomic mass is 79.9. The highest BCUT2D eigenvalue weighted by Gasteiger charge is 2.14. The molecule has 0 fully saturated rings. The molecule has 0 aromatic heterocycles. The molecule has 1 rings (SSSR count). The van der Waals surface area contributed by atoms with Gasteiger partial charge in [-0.25, -0.2) is 4.79 Å². The first-order chi connectivity index (χ1) is 9.79. The van der Waals surface area contributed by atoms with Crippen LogP contribution in [0.1, 0.15) is 20.8 Å². The molecule has 0 heterocycles. The van der Waals surface area contributed by atoms with E-state index >= 15 is 0 Å². The van der Waals surface area contributed by atoms with Crippen molar-refractivity contribution in [2.45, 2.75) is 26.4 Å². The molecule has 1 amide bonds. The number of alkyl carbamates (subject to hydrolysis) is 1. The number of nitrogens with two attached hydrogens (primary N) is 1. The fourth-order valence-electron chi connectivity index (χ4n) is 1.51. The van der Waals surface area contributed by atoms with Crippen LogP contribution in [0.25, 0.3) is 0 Å². The van der Waals surface area contributed by atoms with Crippen LogP contribution in [-0.4, -0.2) is 24.8 Å².